The normalized spacial score (nSPS) is 14.1. The van der Waals surface area contributed by atoms with Crippen LogP contribution in [0.1, 0.15) is 97.8 Å². The molecule has 4 heteroatoms. The molecule has 0 N–H and O–H groups in total. The molecule has 0 rings (SSSR count). The Kier molecular flexibility index (Phi) is 16.1. The highest BCUT2D eigenvalue weighted by Gasteiger charge is 2.23. The molecule has 0 fully saturated rings. The molecule has 1 unspecified atom stereocenters. The van der Waals surface area contributed by atoms with Crippen LogP contribution in [0, 0.1) is 0 Å². The Morgan fingerprint density at radius 3 is 1.50 bits per heavy atom. The van der Waals surface area contributed by atoms with Gasteiger partial charge in [-0.2, -0.15) is 0 Å². The average molecular weight is 334 g/mol. The molecule has 0 radical (unpaired) electrons. The SMILES string of the molecule is CCCCCCCCOP(=O)(CCCC)OCCCCCC. The molecule has 0 aromatic carbocycles. The van der Waals surface area contributed by atoms with Crippen LogP contribution < -0.4 is 0 Å². The van der Waals surface area contributed by atoms with Gasteiger partial charge in [0.1, 0.15) is 0 Å². The van der Waals surface area contributed by atoms with Gasteiger partial charge in [-0.25, -0.2) is 0 Å². The molecule has 0 aliphatic heterocycles. The van der Waals surface area contributed by atoms with Gasteiger partial charge in [0.15, 0.2) is 0 Å². The minimum Gasteiger partial charge on any atom is -0.309 e. The lowest BCUT2D eigenvalue weighted by Gasteiger charge is -2.18. The van der Waals surface area contributed by atoms with Crippen molar-refractivity contribution in [2.75, 3.05) is 19.4 Å². The summed E-state index contributed by atoms with van der Waals surface area (Å²) in [6.07, 6.45) is 14.4. The van der Waals surface area contributed by atoms with E-state index < -0.39 is 7.60 Å². The Hall–Kier alpha value is 0.150. The fourth-order valence-corrected chi connectivity index (χ4v) is 4.19. The standard InChI is InChI=1S/C18H39O3P/c1-4-7-10-12-13-15-17-21-22(19,18-9-6-3)20-16-14-11-8-5-2/h4-18H2,1-3H3. The maximum absolute atomic E-state index is 12.7. The van der Waals surface area contributed by atoms with Crippen molar-refractivity contribution in [3.8, 4) is 0 Å². The molecule has 0 aliphatic rings. The minimum absolute atomic E-state index is 0.577. The van der Waals surface area contributed by atoms with Gasteiger partial charge in [-0.05, 0) is 19.3 Å². The van der Waals surface area contributed by atoms with Crippen LogP contribution in [0.5, 0.6) is 0 Å². The average Bonchev–Trinajstić information content (AvgIpc) is 2.52. The van der Waals surface area contributed by atoms with Gasteiger partial charge in [-0.15, -0.1) is 0 Å². The van der Waals surface area contributed by atoms with Gasteiger partial charge >= 0.3 is 7.60 Å². The third-order valence-electron chi connectivity index (χ3n) is 3.86. The molecule has 134 valence electrons. The van der Waals surface area contributed by atoms with E-state index in [1.807, 2.05) is 0 Å². The van der Waals surface area contributed by atoms with Gasteiger partial charge < -0.3 is 9.05 Å². The second-order valence-corrected chi connectivity index (χ2v) is 8.37. The summed E-state index contributed by atoms with van der Waals surface area (Å²) in [6.45, 7) is 7.69. The van der Waals surface area contributed by atoms with Crippen LogP contribution in [0.25, 0.3) is 0 Å². The Bertz CT molecular complexity index is 269. The second kappa shape index (κ2) is 16.0. The predicted octanol–water partition coefficient (Wildman–Crippen LogP) is 6.95. The van der Waals surface area contributed by atoms with Crippen molar-refractivity contribution < 1.29 is 13.6 Å². The largest absolute Gasteiger partial charge is 0.330 e. The molecule has 22 heavy (non-hydrogen) atoms. The highest BCUT2D eigenvalue weighted by Crippen LogP contribution is 2.49. The third kappa shape index (κ3) is 13.8. The first-order valence-electron chi connectivity index (χ1n) is 9.56. The number of hydrogen-bond acceptors (Lipinski definition) is 3. The minimum atomic E-state index is -2.85. The van der Waals surface area contributed by atoms with Gasteiger partial charge in [-0.3, -0.25) is 4.57 Å². The maximum Gasteiger partial charge on any atom is 0.330 e. The van der Waals surface area contributed by atoms with E-state index in [1.54, 1.807) is 0 Å². The highest BCUT2D eigenvalue weighted by atomic mass is 31.2. The first-order valence-corrected chi connectivity index (χ1v) is 11.3. The van der Waals surface area contributed by atoms with E-state index in [1.165, 1.54) is 44.9 Å². The zero-order valence-corrected chi connectivity index (χ0v) is 16.2. The quantitative estimate of drug-likeness (QED) is 0.213. The van der Waals surface area contributed by atoms with E-state index in [4.69, 9.17) is 9.05 Å². The maximum atomic E-state index is 12.7. The van der Waals surface area contributed by atoms with Crippen molar-refractivity contribution in [3.05, 3.63) is 0 Å². The Morgan fingerprint density at radius 1 is 0.591 bits per heavy atom. The monoisotopic (exact) mass is 334 g/mol. The third-order valence-corrected chi connectivity index (χ3v) is 5.87. The summed E-state index contributed by atoms with van der Waals surface area (Å²) in [6, 6.07) is 0. The van der Waals surface area contributed by atoms with Crippen LogP contribution >= 0.6 is 7.60 Å². The lowest BCUT2D eigenvalue weighted by atomic mass is 10.1. The molecule has 1 atom stereocenters. The fraction of sp³-hybridized carbons (Fsp3) is 1.00. The van der Waals surface area contributed by atoms with Crippen molar-refractivity contribution in [2.45, 2.75) is 97.8 Å². The lowest BCUT2D eigenvalue weighted by Crippen LogP contribution is -2.03. The smallest absolute Gasteiger partial charge is 0.309 e. The van der Waals surface area contributed by atoms with Gasteiger partial charge in [0.25, 0.3) is 0 Å². The molecule has 0 amide bonds. The van der Waals surface area contributed by atoms with Gasteiger partial charge in [0.2, 0.25) is 0 Å². The van der Waals surface area contributed by atoms with Gasteiger partial charge in [0, 0.05) is 0 Å². The van der Waals surface area contributed by atoms with E-state index in [0.717, 1.165) is 32.1 Å². The molecular weight excluding hydrogens is 295 g/mol. The fourth-order valence-electron chi connectivity index (χ4n) is 2.34. The number of unbranched alkanes of at least 4 members (excludes halogenated alkanes) is 9. The Labute approximate surface area is 139 Å². The van der Waals surface area contributed by atoms with Gasteiger partial charge in [-0.1, -0.05) is 78.6 Å². The summed E-state index contributed by atoms with van der Waals surface area (Å²) in [4.78, 5) is 0. The molecule has 0 aromatic rings. The Balaban J connectivity index is 3.86. The Morgan fingerprint density at radius 2 is 1.00 bits per heavy atom. The molecule has 0 heterocycles. The van der Waals surface area contributed by atoms with Crippen LogP contribution in [-0.4, -0.2) is 19.4 Å². The van der Waals surface area contributed by atoms with Crippen molar-refractivity contribution >= 4 is 7.60 Å². The van der Waals surface area contributed by atoms with E-state index in [9.17, 15) is 4.57 Å². The number of hydrogen-bond donors (Lipinski definition) is 0. The van der Waals surface area contributed by atoms with Crippen molar-refractivity contribution in [1.29, 1.82) is 0 Å². The summed E-state index contributed by atoms with van der Waals surface area (Å²) in [5.74, 6) is 0. The molecule has 0 spiro atoms. The van der Waals surface area contributed by atoms with E-state index >= 15 is 0 Å². The summed E-state index contributed by atoms with van der Waals surface area (Å²) in [7, 11) is -2.85. The van der Waals surface area contributed by atoms with Crippen molar-refractivity contribution in [3.63, 3.8) is 0 Å². The summed E-state index contributed by atoms with van der Waals surface area (Å²) in [5.41, 5.74) is 0. The highest BCUT2D eigenvalue weighted by molar-refractivity contribution is 7.53. The predicted molar refractivity (Wildman–Crippen MR) is 96.8 cm³/mol. The molecule has 3 nitrogen and oxygen atoms in total. The summed E-state index contributed by atoms with van der Waals surface area (Å²) in [5, 5.41) is 0. The number of rotatable bonds is 17. The van der Waals surface area contributed by atoms with Crippen LogP contribution in [0.4, 0.5) is 0 Å². The lowest BCUT2D eigenvalue weighted by molar-refractivity contribution is 0.197. The van der Waals surface area contributed by atoms with Crippen molar-refractivity contribution in [1.82, 2.24) is 0 Å². The van der Waals surface area contributed by atoms with Gasteiger partial charge in [0.05, 0.1) is 19.4 Å². The topological polar surface area (TPSA) is 35.5 Å². The zero-order valence-electron chi connectivity index (χ0n) is 15.3. The molecule has 0 aliphatic carbocycles. The molecule has 0 saturated heterocycles. The molecule has 0 bridgehead atoms. The second-order valence-electron chi connectivity index (χ2n) is 6.18. The first kappa shape index (κ1) is 22.1. The molecule has 0 saturated carbocycles. The molecule has 0 aromatic heterocycles. The van der Waals surface area contributed by atoms with Crippen LogP contribution in [0.3, 0.4) is 0 Å². The van der Waals surface area contributed by atoms with Crippen LogP contribution in [-0.2, 0) is 13.6 Å². The van der Waals surface area contributed by atoms with E-state index in [-0.39, 0.29) is 0 Å². The van der Waals surface area contributed by atoms with E-state index in [0.29, 0.717) is 19.4 Å². The summed E-state index contributed by atoms with van der Waals surface area (Å²) >= 11 is 0. The van der Waals surface area contributed by atoms with Crippen molar-refractivity contribution in [2.24, 2.45) is 0 Å². The molecular formula is C18H39O3P. The van der Waals surface area contributed by atoms with Crippen LogP contribution in [0.15, 0.2) is 0 Å². The van der Waals surface area contributed by atoms with Crippen LogP contribution in [0.2, 0.25) is 0 Å². The first-order chi connectivity index (χ1) is 10.7. The zero-order chi connectivity index (χ0) is 16.5. The summed E-state index contributed by atoms with van der Waals surface area (Å²) < 4.78 is 24.0. The van der Waals surface area contributed by atoms with E-state index in [2.05, 4.69) is 20.8 Å².